The van der Waals surface area contributed by atoms with Crippen molar-refractivity contribution in [2.45, 2.75) is 75.5 Å². The highest BCUT2D eigenvalue weighted by molar-refractivity contribution is 6.02. The highest BCUT2D eigenvalue weighted by atomic mass is 16.2. The zero-order chi connectivity index (χ0) is 26.8. The number of pyridine rings is 1. The van der Waals surface area contributed by atoms with E-state index in [0.29, 0.717) is 28.3 Å². The molecule has 3 fully saturated rings. The minimum Gasteiger partial charge on any atom is -0.382 e. The Kier molecular flexibility index (Phi) is 7.51. The molecule has 2 aromatic rings. The molecule has 3 unspecified atom stereocenters. The largest absolute Gasteiger partial charge is 0.382 e. The molecule has 10 nitrogen and oxygen atoms in total. The zero-order valence-electron chi connectivity index (χ0n) is 21.6. The lowest BCUT2D eigenvalue weighted by Crippen LogP contribution is -2.43. The molecule has 3 amide bonds. The van der Waals surface area contributed by atoms with E-state index in [4.69, 9.17) is 17.2 Å². The maximum Gasteiger partial charge on any atom is 0.251 e. The molecule has 0 spiro atoms. The van der Waals surface area contributed by atoms with E-state index >= 15 is 0 Å². The molecule has 1 saturated heterocycles. The van der Waals surface area contributed by atoms with Gasteiger partial charge in [-0.25, -0.2) is 4.98 Å². The number of hydrogen-bond donors (Lipinski definition) is 5. The molecule has 38 heavy (non-hydrogen) atoms. The Labute approximate surface area is 222 Å². The van der Waals surface area contributed by atoms with Crippen molar-refractivity contribution in [3.05, 3.63) is 53.2 Å². The van der Waals surface area contributed by atoms with E-state index in [1.807, 2.05) is 6.07 Å². The molecule has 10 heteroatoms. The van der Waals surface area contributed by atoms with Crippen molar-refractivity contribution in [1.29, 1.82) is 0 Å². The van der Waals surface area contributed by atoms with Gasteiger partial charge in [0.1, 0.15) is 5.82 Å². The maximum atomic E-state index is 13.3. The summed E-state index contributed by atoms with van der Waals surface area (Å²) >= 11 is 0. The van der Waals surface area contributed by atoms with Crippen molar-refractivity contribution in [2.75, 3.05) is 16.8 Å². The predicted octanol–water partition coefficient (Wildman–Crippen LogP) is 2.14. The summed E-state index contributed by atoms with van der Waals surface area (Å²) in [5.74, 6) is 0.115. The lowest BCUT2D eigenvalue weighted by molar-refractivity contribution is 0.0934. The van der Waals surface area contributed by atoms with Crippen molar-refractivity contribution >= 4 is 29.2 Å². The van der Waals surface area contributed by atoms with Gasteiger partial charge in [0.2, 0.25) is 5.91 Å². The van der Waals surface area contributed by atoms with Crippen molar-refractivity contribution in [3.63, 3.8) is 0 Å². The number of nitrogens with one attached hydrogen (secondary N) is 2. The van der Waals surface area contributed by atoms with Gasteiger partial charge in [0.25, 0.3) is 11.8 Å². The minimum absolute atomic E-state index is 0.0371. The number of amides is 3. The van der Waals surface area contributed by atoms with Crippen LogP contribution < -0.4 is 32.7 Å². The van der Waals surface area contributed by atoms with Gasteiger partial charge >= 0.3 is 0 Å². The van der Waals surface area contributed by atoms with Gasteiger partial charge in [-0.05, 0) is 87.6 Å². The third-order valence-electron chi connectivity index (χ3n) is 8.37. The number of carbonyl (C=O) groups is 3. The van der Waals surface area contributed by atoms with E-state index in [1.165, 1.54) is 6.20 Å². The summed E-state index contributed by atoms with van der Waals surface area (Å²) in [7, 11) is 0. The number of primary amides is 2. The lowest BCUT2D eigenvalue weighted by atomic mass is 9.91. The fraction of sp³-hybridized carbons (Fsp3) is 0.500. The molecule has 2 saturated carbocycles. The normalized spacial score (nSPS) is 26.9. The van der Waals surface area contributed by atoms with Crippen LogP contribution in [-0.4, -0.2) is 53.4 Å². The standard InChI is InChI=1S/C28H37N7O3/c29-19-5-7-20(8-6-19)33-23-13-17(3-9-22(23)27(31)37)28(38)34-21-12-16-2-1-11-35(24(16)14-21)25-10-4-18(15-32-25)26(30)36/h3-4,9-10,13,15-16,19-21,24,33H,1-2,5-8,11-12,14,29H2,(H2,30,36)(H2,31,37)(H,34,38)/t16?,19-,20-,21?,24?. The van der Waals surface area contributed by atoms with Gasteiger partial charge in [0.05, 0.1) is 11.1 Å². The molecule has 2 aliphatic carbocycles. The molecule has 3 aliphatic rings. The predicted molar refractivity (Wildman–Crippen MR) is 146 cm³/mol. The second-order valence-corrected chi connectivity index (χ2v) is 11.0. The zero-order valence-corrected chi connectivity index (χ0v) is 21.6. The number of hydrogen-bond acceptors (Lipinski definition) is 7. The van der Waals surface area contributed by atoms with Gasteiger partial charge in [-0.2, -0.15) is 0 Å². The van der Waals surface area contributed by atoms with Gasteiger partial charge in [0, 0.05) is 48.2 Å². The van der Waals surface area contributed by atoms with Gasteiger partial charge in [-0.15, -0.1) is 0 Å². The van der Waals surface area contributed by atoms with Crippen LogP contribution in [0.15, 0.2) is 36.5 Å². The van der Waals surface area contributed by atoms with Crippen LogP contribution in [0.1, 0.15) is 82.4 Å². The number of nitrogens with two attached hydrogens (primary N) is 3. The summed E-state index contributed by atoms with van der Waals surface area (Å²) in [6.07, 6.45) is 9.09. The Bertz CT molecular complexity index is 1190. The second-order valence-electron chi connectivity index (χ2n) is 11.0. The van der Waals surface area contributed by atoms with Crippen LogP contribution in [0.25, 0.3) is 0 Å². The minimum atomic E-state index is -0.524. The summed E-state index contributed by atoms with van der Waals surface area (Å²) in [6.45, 7) is 0.889. The number of aromatic nitrogens is 1. The summed E-state index contributed by atoms with van der Waals surface area (Å²) in [5.41, 5.74) is 18.9. The SMILES string of the molecule is NC(=O)c1ccc(N2CCCC3CC(NC(=O)c4ccc(C(N)=O)c(N[C@H]5CC[C@H](N)CC5)c4)CC32)nc1. The number of piperidine rings is 1. The molecule has 2 heterocycles. The van der Waals surface area contributed by atoms with E-state index in [2.05, 4.69) is 20.5 Å². The van der Waals surface area contributed by atoms with Crippen LogP contribution >= 0.6 is 0 Å². The Balaban J connectivity index is 1.26. The highest BCUT2D eigenvalue weighted by Crippen LogP contribution is 2.39. The van der Waals surface area contributed by atoms with Crippen LogP contribution in [-0.2, 0) is 0 Å². The molecule has 1 aliphatic heterocycles. The van der Waals surface area contributed by atoms with Crippen LogP contribution in [0.5, 0.6) is 0 Å². The summed E-state index contributed by atoms with van der Waals surface area (Å²) in [4.78, 5) is 43.5. The molecular formula is C28H37N7O3. The molecule has 8 N–H and O–H groups in total. The number of rotatable bonds is 7. The lowest BCUT2D eigenvalue weighted by Gasteiger charge is -2.38. The van der Waals surface area contributed by atoms with E-state index in [-0.39, 0.29) is 30.1 Å². The Morgan fingerprint density at radius 2 is 1.66 bits per heavy atom. The Hall–Kier alpha value is -3.66. The first kappa shape index (κ1) is 26.0. The number of fused-ring (bicyclic) bond motifs is 1. The van der Waals surface area contributed by atoms with Crippen molar-refractivity contribution < 1.29 is 14.4 Å². The van der Waals surface area contributed by atoms with Gasteiger partial charge in [0.15, 0.2) is 0 Å². The summed E-state index contributed by atoms with van der Waals surface area (Å²) < 4.78 is 0. The van der Waals surface area contributed by atoms with Gasteiger partial charge < -0.3 is 32.7 Å². The Morgan fingerprint density at radius 1 is 0.895 bits per heavy atom. The molecular weight excluding hydrogens is 482 g/mol. The van der Waals surface area contributed by atoms with Crippen LogP contribution in [0, 0.1) is 5.92 Å². The smallest absolute Gasteiger partial charge is 0.251 e. The van der Waals surface area contributed by atoms with Crippen LogP contribution in [0.4, 0.5) is 11.5 Å². The number of benzene rings is 1. The second kappa shape index (κ2) is 11.0. The monoisotopic (exact) mass is 519 g/mol. The van der Waals surface area contributed by atoms with Crippen LogP contribution in [0.2, 0.25) is 0 Å². The third-order valence-corrected chi connectivity index (χ3v) is 8.37. The molecule has 1 aromatic heterocycles. The fourth-order valence-corrected chi connectivity index (χ4v) is 6.36. The van der Waals surface area contributed by atoms with E-state index < -0.39 is 11.8 Å². The van der Waals surface area contributed by atoms with Crippen molar-refractivity contribution in [3.8, 4) is 0 Å². The molecule has 5 rings (SSSR count). The van der Waals surface area contributed by atoms with Gasteiger partial charge in [-0.3, -0.25) is 14.4 Å². The first-order valence-corrected chi connectivity index (χ1v) is 13.6. The average molecular weight is 520 g/mol. The van der Waals surface area contributed by atoms with Crippen molar-refractivity contribution in [1.82, 2.24) is 10.3 Å². The Morgan fingerprint density at radius 3 is 2.34 bits per heavy atom. The molecule has 202 valence electrons. The molecule has 3 atom stereocenters. The van der Waals surface area contributed by atoms with E-state index in [9.17, 15) is 14.4 Å². The molecule has 0 bridgehead atoms. The molecule has 1 aromatic carbocycles. The quantitative estimate of drug-likeness (QED) is 0.373. The number of carbonyl (C=O) groups excluding carboxylic acids is 3. The third kappa shape index (κ3) is 5.60. The van der Waals surface area contributed by atoms with Crippen molar-refractivity contribution in [2.24, 2.45) is 23.1 Å². The van der Waals surface area contributed by atoms with Crippen LogP contribution in [0.3, 0.4) is 0 Å². The topological polar surface area (TPSA) is 169 Å². The summed E-state index contributed by atoms with van der Waals surface area (Å²) in [5, 5.41) is 6.66. The maximum absolute atomic E-state index is 13.3. The van der Waals surface area contributed by atoms with E-state index in [0.717, 1.165) is 63.7 Å². The number of nitrogens with zero attached hydrogens (tertiary/aromatic N) is 2. The average Bonchev–Trinajstić information content (AvgIpc) is 3.32. The fourth-order valence-electron chi connectivity index (χ4n) is 6.36. The highest BCUT2D eigenvalue weighted by Gasteiger charge is 2.41. The number of anilines is 2. The van der Waals surface area contributed by atoms with Gasteiger partial charge in [-0.1, -0.05) is 0 Å². The molecule has 0 radical (unpaired) electrons. The summed E-state index contributed by atoms with van der Waals surface area (Å²) in [6, 6.07) is 9.32. The first-order valence-electron chi connectivity index (χ1n) is 13.6. The first-order chi connectivity index (χ1) is 18.3. The van der Waals surface area contributed by atoms with E-state index in [1.54, 1.807) is 24.3 Å².